The molecule has 0 saturated heterocycles. The Balaban J connectivity index is 1.42. The van der Waals surface area contributed by atoms with E-state index in [1.807, 2.05) is 71.3 Å². The first-order valence-corrected chi connectivity index (χ1v) is 12.6. The molecule has 0 fully saturated rings. The van der Waals surface area contributed by atoms with Gasteiger partial charge in [0.15, 0.2) is 5.16 Å². The van der Waals surface area contributed by atoms with Gasteiger partial charge in [-0.1, -0.05) is 60.3 Å². The molecule has 0 amide bonds. The number of thioether (sulfide) groups is 1. The summed E-state index contributed by atoms with van der Waals surface area (Å²) in [6.45, 7) is 0. The van der Waals surface area contributed by atoms with E-state index in [1.165, 1.54) is 22.7 Å². The number of fused-ring (bicyclic) bond motifs is 4. The zero-order chi connectivity index (χ0) is 23.1. The fourth-order valence-electron chi connectivity index (χ4n) is 4.99. The SMILES string of the molecule is O=C(CSc1nc2ccccc2c(=O)n1-c1ccccc1)n1c2c(c3ccccc31)CCCC2. The van der Waals surface area contributed by atoms with Gasteiger partial charge in [-0.25, -0.2) is 4.98 Å². The first kappa shape index (κ1) is 20.9. The molecule has 2 aromatic heterocycles. The second-order valence-corrected chi connectivity index (χ2v) is 9.50. The Hall–Kier alpha value is -3.64. The van der Waals surface area contributed by atoms with Crippen LogP contribution in [-0.2, 0) is 12.8 Å². The molecule has 168 valence electrons. The Bertz CT molecular complexity index is 1600. The van der Waals surface area contributed by atoms with Crippen molar-refractivity contribution in [3.8, 4) is 5.69 Å². The normalized spacial score (nSPS) is 13.3. The van der Waals surface area contributed by atoms with Gasteiger partial charge in [0.25, 0.3) is 5.56 Å². The molecule has 5 nitrogen and oxygen atoms in total. The maximum Gasteiger partial charge on any atom is 0.266 e. The molecule has 0 aliphatic heterocycles. The molecule has 1 aliphatic rings. The lowest BCUT2D eigenvalue weighted by molar-refractivity contribution is 0.0943. The van der Waals surface area contributed by atoms with Crippen LogP contribution in [0.4, 0.5) is 0 Å². The Kier molecular flexibility index (Phi) is 5.30. The van der Waals surface area contributed by atoms with Crippen molar-refractivity contribution in [2.24, 2.45) is 0 Å². The van der Waals surface area contributed by atoms with Crippen molar-refractivity contribution >= 4 is 39.5 Å². The summed E-state index contributed by atoms with van der Waals surface area (Å²) in [5, 5.41) is 2.27. The van der Waals surface area contributed by atoms with Gasteiger partial charge in [-0.2, -0.15) is 0 Å². The monoisotopic (exact) mass is 465 g/mol. The molecule has 3 aromatic carbocycles. The molecule has 6 heteroatoms. The van der Waals surface area contributed by atoms with Crippen LogP contribution in [0.15, 0.2) is 88.8 Å². The molecular weight excluding hydrogens is 442 g/mol. The molecule has 34 heavy (non-hydrogen) atoms. The number of hydrogen-bond donors (Lipinski definition) is 0. The van der Waals surface area contributed by atoms with Crippen LogP contribution in [0.1, 0.15) is 28.9 Å². The van der Waals surface area contributed by atoms with Crippen LogP contribution in [0.5, 0.6) is 0 Å². The smallest absolute Gasteiger partial charge is 0.266 e. The summed E-state index contributed by atoms with van der Waals surface area (Å²) in [6.07, 6.45) is 4.20. The van der Waals surface area contributed by atoms with Crippen molar-refractivity contribution < 1.29 is 4.79 Å². The van der Waals surface area contributed by atoms with Gasteiger partial charge in [-0.15, -0.1) is 0 Å². The molecule has 6 rings (SSSR count). The largest absolute Gasteiger partial charge is 0.283 e. The first-order valence-electron chi connectivity index (χ1n) is 11.6. The Morgan fingerprint density at radius 2 is 1.56 bits per heavy atom. The van der Waals surface area contributed by atoms with Crippen molar-refractivity contribution in [1.82, 2.24) is 14.1 Å². The third-order valence-corrected chi connectivity index (χ3v) is 7.44. The van der Waals surface area contributed by atoms with E-state index in [2.05, 4.69) is 6.07 Å². The standard InChI is InChI=1S/C28H23N3O2S/c32-26(31-24-16-8-5-12-20(24)21-13-6-9-17-25(21)31)18-34-28-29-23-15-7-4-14-22(23)27(33)30(28)19-10-2-1-3-11-19/h1-5,7-8,10-12,14-16H,6,9,13,17-18H2. The summed E-state index contributed by atoms with van der Waals surface area (Å²) in [7, 11) is 0. The van der Waals surface area contributed by atoms with E-state index in [0.29, 0.717) is 16.1 Å². The fraction of sp³-hybridized carbons (Fsp3) is 0.179. The average Bonchev–Trinajstić information content (AvgIpc) is 3.22. The first-order chi connectivity index (χ1) is 16.7. The topological polar surface area (TPSA) is 56.9 Å². The molecule has 0 N–H and O–H groups in total. The highest BCUT2D eigenvalue weighted by Crippen LogP contribution is 2.33. The van der Waals surface area contributed by atoms with Gasteiger partial charge in [0.2, 0.25) is 5.91 Å². The second-order valence-electron chi connectivity index (χ2n) is 8.55. The second kappa shape index (κ2) is 8.61. The van der Waals surface area contributed by atoms with Crippen LogP contribution in [0.2, 0.25) is 0 Å². The fourth-order valence-corrected chi connectivity index (χ4v) is 5.85. The van der Waals surface area contributed by atoms with Crippen LogP contribution in [0.3, 0.4) is 0 Å². The Morgan fingerprint density at radius 3 is 2.41 bits per heavy atom. The predicted octanol–water partition coefficient (Wildman–Crippen LogP) is 5.65. The third kappa shape index (κ3) is 3.46. The number of carbonyl (C=O) groups excluding carboxylic acids is 1. The highest BCUT2D eigenvalue weighted by molar-refractivity contribution is 7.99. The predicted molar refractivity (Wildman–Crippen MR) is 137 cm³/mol. The Labute approximate surface area is 201 Å². The van der Waals surface area contributed by atoms with Crippen molar-refractivity contribution in [3.63, 3.8) is 0 Å². The minimum atomic E-state index is -0.129. The highest BCUT2D eigenvalue weighted by Gasteiger charge is 2.24. The molecule has 0 saturated carbocycles. The highest BCUT2D eigenvalue weighted by atomic mass is 32.2. The zero-order valence-electron chi connectivity index (χ0n) is 18.6. The molecule has 1 aliphatic carbocycles. The number of carbonyl (C=O) groups is 1. The van der Waals surface area contributed by atoms with Gasteiger partial charge in [-0.3, -0.25) is 18.7 Å². The van der Waals surface area contributed by atoms with Crippen LogP contribution in [-0.4, -0.2) is 25.8 Å². The van der Waals surface area contributed by atoms with E-state index in [0.717, 1.165) is 42.6 Å². The van der Waals surface area contributed by atoms with Crippen LogP contribution in [0.25, 0.3) is 27.5 Å². The number of aromatic nitrogens is 3. The molecule has 0 bridgehead atoms. The lowest BCUT2D eigenvalue weighted by Gasteiger charge is -2.16. The molecule has 0 unspecified atom stereocenters. The van der Waals surface area contributed by atoms with Gasteiger partial charge in [0, 0.05) is 11.1 Å². The van der Waals surface area contributed by atoms with E-state index in [1.54, 1.807) is 10.6 Å². The summed E-state index contributed by atoms with van der Waals surface area (Å²) in [5.74, 6) is 0.217. The van der Waals surface area contributed by atoms with Crippen molar-refractivity contribution in [2.75, 3.05) is 5.75 Å². The molecule has 0 spiro atoms. The minimum absolute atomic E-state index is 0.0198. The van der Waals surface area contributed by atoms with Gasteiger partial charge in [0.05, 0.1) is 27.9 Å². The van der Waals surface area contributed by atoms with Crippen molar-refractivity contribution in [2.45, 2.75) is 30.8 Å². The third-order valence-electron chi connectivity index (χ3n) is 6.51. The van der Waals surface area contributed by atoms with Gasteiger partial charge in [0.1, 0.15) is 0 Å². The quantitative estimate of drug-likeness (QED) is 0.254. The number of hydrogen-bond acceptors (Lipinski definition) is 4. The molecule has 5 aromatic rings. The van der Waals surface area contributed by atoms with Gasteiger partial charge in [-0.05, 0) is 61.6 Å². The van der Waals surface area contributed by atoms with E-state index in [9.17, 15) is 9.59 Å². The van der Waals surface area contributed by atoms with Crippen molar-refractivity contribution in [3.05, 3.63) is 100 Å². The number of nitrogens with zero attached hydrogens (tertiary/aromatic N) is 3. The molecule has 2 heterocycles. The number of para-hydroxylation sites is 3. The van der Waals surface area contributed by atoms with Crippen LogP contribution >= 0.6 is 11.8 Å². The van der Waals surface area contributed by atoms with Crippen LogP contribution in [0, 0.1) is 0 Å². The summed E-state index contributed by atoms with van der Waals surface area (Å²) in [4.78, 5) is 31.8. The van der Waals surface area contributed by atoms with Crippen LogP contribution < -0.4 is 5.56 Å². The van der Waals surface area contributed by atoms with E-state index in [-0.39, 0.29) is 17.2 Å². The van der Waals surface area contributed by atoms with E-state index < -0.39 is 0 Å². The number of rotatable bonds is 4. The molecule has 0 radical (unpaired) electrons. The van der Waals surface area contributed by atoms with Gasteiger partial charge < -0.3 is 0 Å². The lowest BCUT2D eigenvalue weighted by atomic mass is 9.96. The molecule has 0 atom stereocenters. The summed E-state index contributed by atoms with van der Waals surface area (Å²) < 4.78 is 3.52. The van der Waals surface area contributed by atoms with Crippen molar-refractivity contribution in [1.29, 1.82) is 0 Å². The number of benzene rings is 3. The maximum atomic E-state index is 13.6. The Morgan fingerprint density at radius 1 is 0.853 bits per heavy atom. The van der Waals surface area contributed by atoms with E-state index in [4.69, 9.17) is 4.98 Å². The molecular formula is C28H23N3O2S. The lowest BCUT2D eigenvalue weighted by Crippen LogP contribution is -2.23. The summed E-state index contributed by atoms with van der Waals surface area (Å²) in [5.41, 5.74) is 4.68. The summed E-state index contributed by atoms with van der Waals surface area (Å²) >= 11 is 1.32. The zero-order valence-corrected chi connectivity index (χ0v) is 19.4. The minimum Gasteiger partial charge on any atom is -0.283 e. The van der Waals surface area contributed by atoms with Gasteiger partial charge >= 0.3 is 0 Å². The van der Waals surface area contributed by atoms with E-state index >= 15 is 0 Å². The maximum absolute atomic E-state index is 13.6. The average molecular weight is 466 g/mol. The summed E-state index contributed by atoms with van der Waals surface area (Å²) in [6, 6.07) is 25.0. The number of aryl methyl sites for hydroxylation is 1.